The Hall–Kier alpha value is -2.02. The van der Waals surface area contributed by atoms with Crippen molar-refractivity contribution < 1.29 is 19.2 Å². The number of hydrogen-bond donors (Lipinski definition) is 2. The molecule has 0 radical (unpaired) electrons. The maximum Gasteiger partial charge on any atom is 0.272 e. The first kappa shape index (κ1) is 17.0. The molecule has 0 spiro atoms. The van der Waals surface area contributed by atoms with Crippen LogP contribution in [0, 0.1) is 21.3 Å². The van der Waals surface area contributed by atoms with Crippen molar-refractivity contribution >= 4 is 11.6 Å². The fourth-order valence-corrected chi connectivity index (χ4v) is 1.97. The zero-order valence-electron chi connectivity index (χ0n) is 12.2. The summed E-state index contributed by atoms with van der Waals surface area (Å²) in [5.74, 6) is -1.67. The zero-order chi connectivity index (χ0) is 16.2. The van der Waals surface area contributed by atoms with Gasteiger partial charge in [-0.15, -0.1) is 0 Å². The van der Waals surface area contributed by atoms with Gasteiger partial charge >= 0.3 is 0 Å². The third-order valence-electron chi connectivity index (χ3n) is 2.82. The number of aliphatic hydroxyl groups excluding tert-OH is 1. The number of nitro groups is 1. The first-order valence-electron chi connectivity index (χ1n) is 6.49. The number of benzene rings is 1. The van der Waals surface area contributed by atoms with Crippen LogP contribution in [0.4, 0.5) is 10.1 Å². The van der Waals surface area contributed by atoms with E-state index in [0.29, 0.717) is 12.5 Å². The molecule has 1 aromatic rings. The van der Waals surface area contributed by atoms with Gasteiger partial charge in [0.2, 0.25) is 0 Å². The van der Waals surface area contributed by atoms with Gasteiger partial charge < -0.3 is 10.4 Å². The van der Waals surface area contributed by atoms with Crippen molar-refractivity contribution in [1.82, 2.24) is 5.32 Å². The average Bonchev–Trinajstić information content (AvgIpc) is 2.35. The van der Waals surface area contributed by atoms with Crippen LogP contribution in [0.25, 0.3) is 0 Å². The minimum atomic E-state index is -0.964. The minimum Gasteiger partial charge on any atom is -0.394 e. The van der Waals surface area contributed by atoms with Crippen LogP contribution in [0.1, 0.15) is 37.6 Å². The van der Waals surface area contributed by atoms with Gasteiger partial charge in [0, 0.05) is 6.07 Å². The molecule has 0 bridgehead atoms. The average molecular weight is 298 g/mol. The summed E-state index contributed by atoms with van der Waals surface area (Å²) in [5.41, 5.74) is -0.820. The lowest BCUT2D eigenvalue weighted by atomic mass is 9.88. The first-order chi connectivity index (χ1) is 9.64. The van der Waals surface area contributed by atoms with E-state index in [1.807, 2.05) is 20.8 Å². The van der Waals surface area contributed by atoms with E-state index in [2.05, 4.69) is 5.32 Å². The third-order valence-corrected chi connectivity index (χ3v) is 2.82. The van der Waals surface area contributed by atoms with Crippen molar-refractivity contribution in [2.24, 2.45) is 5.41 Å². The quantitative estimate of drug-likeness (QED) is 0.644. The van der Waals surface area contributed by atoms with Gasteiger partial charge in [-0.25, -0.2) is 4.39 Å². The van der Waals surface area contributed by atoms with Crippen LogP contribution in [0.15, 0.2) is 18.2 Å². The number of nitrogens with zero attached hydrogens (tertiary/aromatic N) is 1. The lowest BCUT2D eigenvalue weighted by Crippen LogP contribution is -2.40. The van der Waals surface area contributed by atoms with Crippen LogP contribution in [-0.4, -0.2) is 28.6 Å². The van der Waals surface area contributed by atoms with Gasteiger partial charge in [-0.1, -0.05) is 20.8 Å². The van der Waals surface area contributed by atoms with Gasteiger partial charge in [0.15, 0.2) is 0 Å². The number of rotatable bonds is 5. The van der Waals surface area contributed by atoms with E-state index in [-0.39, 0.29) is 17.6 Å². The topological polar surface area (TPSA) is 92.5 Å². The smallest absolute Gasteiger partial charge is 0.272 e. The Morgan fingerprint density at radius 1 is 1.48 bits per heavy atom. The molecule has 1 atom stereocenters. The Morgan fingerprint density at radius 2 is 2.10 bits per heavy atom. The molecule has 0 aliphatic heterocycles. The van der Waals surface area contributed by atoms with E-state index < -0.39 is 28.4 Å². The fraction of sp³-hybridized carbons (Fsp3) is 0.500. The molecule has 0 fully saturated rings. The maximum absolute atomic E-state index is 13.7. The monoisotopic (exact) mass is 298 g/mol. The van der Waals surface area contributed by atoms with Crippen LogP contribution in [0.3, 0.4) is 0 Å². The Morgan fingerprint density at radius 3 is 2.52 bits per heavy atom. The molecule has 1 amide bonds. The molecule has 1 rings (SSSR count). The Balaban J connectivity index is 2.86. The summed E-state index contributed by atoms with van der Waals surface area (Å²) in [6.07, 6.45) is 0.518. The predicted octanol–water partition coefficient (Wildman–Crippen LogP) is 2.26. The number of carbonyl (C=O) groups excluding carboxylic acids is 1. The molecule has 21 heavy (non-hydrogen) atoms. The van der Waals surface area contributed by atoms with Gasteiger partial charge in [-0.05, 0) is 17.9 Å². The summed E-state index contributed by atoms with van der Waals surface area (Å²) in [4.78, 5) is 21.8. The second kappa shape index (κ2) is 6.62. The second-order valence-electron chi connectivity index (χ2n) is 6.04. The van der Waals surface area contributed by atoms with Crippen LogP contribution in [-0.2, 0) is 0 Å². The fourth-order valence-electron chi connectivity index (χ4n) is 1.97. The summed E-state index contributed by atoms with van der Waals surface area (Å²) in [6, 6.07) is 2.32. The molecule has 2 N–H and O–H groups in total. The van der Waals surface area contributed by atoms with Crippen molar-refractivity contribution in [3.05, 3.63) is 39.7 Å². The molecule has 0 aliphatic rings. The highest BCUT2D eigenvalue weighted by molar-refractivity contribution is 5.94. The number of carbonyl (C=O) groups is 1. The number of hydrogen-bond acceptors (Lipinski definition) is 4. The minimum absolute atomic E-state index is 0.116. The Labute approximate surface area is 122 Å². The summed E-state index contributed by atoms with van der Waals surface area (Å²) in [7, 11) is 0. The van der Waals surface area contributed by atoms with E-state index in [9.17, 15) is 24.4 Å². The SMILES string of the molecule is CC(C)(C)CC(CO)NC(=O)c1ccc([N+](=O)[O-])cc1F. The Kier molecular flexibility index (Phi) is 5.37. The van der Waals surface area contributed by atoms with Crippen molar-refractivity contribution in [3.63, 3.8) is 0 Å². The van der Waals surface area contributed by atoms with Crippen LogP contribution in [0.2, 0.25) is 0 Å². The summed E-state index contributed by atoms with van der Waals surface area (Å²) in [6.45, 7) is 5.59. The van der Waals surface area contributed by atoms with E-state index in [1.165, 1.54) is 0 Å². The number of halogens is 1. The van der Waals surface area contributed by atoms with E-state index in [0.717, 1.165) is 12.1 Å². The molecule has 0 aliphatic carbocycles. The van der Waals surface area contributed by atoms with Crippen molar-refractivity contribution in [2.45, 2.75) is 33.2 Å². The number of amides is 1. The molecule has 0 heterocycles. The van der Waals surface area contributed by atoms with Gasteiger partial charge in [0.1, 0.15) is 5.82 Å². The second-order valence-corrected chi connectivity index (χ2v) is 6.04. The molecule has 6 nitrogen and oxygen atoms in total. The summed E-state index contributed by atoms with van der Waals surface area (Å²) >= 11 is 0. The molecule has 1 aromatic carbocycles. The molecular weight excluding hydrogens is 279 g/mol. The largest absolute Gasteiger partial charge is 0.394 e. The molecule has 0 saturated carbocycles. The first-order valence-corrected chi connectivity index (χ1v) is 6.49. The maximum atomic E-state index is 13.7. The van der Waals surface area contributed by atoms with Crippen molar-refractivity contribution in [2.75, 3.05) is 6.61 Å². The molecular formula is C14H19FN2O4. The van der Waals surface area contributed by atoms with Gasteiger partial charge in [-0.2, -0.15) is 0 Å². The highest BCUT2D eigenvalue weighted by Crippen LogP contribution is 2.21. The molecule has 0 saturated heterocycles. The number of non-ortho nitro benzene ring substituents is 1. The summed E-state index contributed by atoms with van der Waals surface area (Å²) < 4.78 is 13.7. The number of nitrogens with one attached hydrogen (secondary N) is 1. The molecule has 0 aromatic heterocycles. The highest BCUT2D eigenvalue weighted by Gasteiger charge is 2.22. The normalized spacial score (nSPS) is 12.8. The number of nitro benzene ring substituents is 1. The van der Waals surface area contributed by atoms with Crippen molar-refractivity contribution in [1.29, 1.82) is 0 Å². The lowest BCUT2D eigenvalue weighted by Gasteiger charge is -2.25. The zero-order valence-corrected chi connectivity index (χ0v) is 12.2. The molecule has 1 unspecified atom stereocenters. The van der Waals surface area contributed by atoms with Gasteiger partial charge in [0.05, 0.1) is 29.2 Å². The van der Waals surface area contributed by atoms with Crippen molar-refractivity contribution in [3.8, 4) is 0 Å². The van der Waals surface area contributed by atoms with Gasteiger partial charge in [0.25, 0.3) is 11.6 Å². The third kappa shape index (κ3) is 5.11. The van der Waals surface area contributed by atoms with E-state index >= 15 is 0 Å². The summed E-state index contributed by atoms with van der Waals surface area (Å²) in [5, 5.41) is 22.3. The van der Waals surface area contributed by atoms with Crippen LogP contribution in [0.5, 0.6) is 0 Å². The van der Waals surface area contributed by atoms with Crippen LogP contribution < -0.4 is 5.32 Å². The van der Waals surface area contributed by atoms with E-state index in [1.54, 1.807) is 0 Å². The molecule has 7 heteroatoms. The van der Waals surface area contributed by atoms with E-state index in [4.69, 9.17) is 0 Å². The standard InChI is InChI=1S/C14H19FN2O4/c1-14(2,3)7-9(8-18)16-13(19)11-5-4-10(17(20)21)6-12(11)15/h4-6,9,18H,7-8H2,1-3H3,(H,16,19). The van der Waals surface area contributed by atoms with Gasteiger partial charge in [-0.3, -0.25) is 14.9 Å². The van der Waals surface area contributed by atoms with Crippen LogP contribution >= 0.6 is 0 Å². The Bertz CT molecular complexity index is 540. The lowest BCUT2D eigenvalue weighted by molar-refractivity contribution is -0.385. The molecule has 116 valence electrons. The predicted molar refractivity (Wildman–Crippen MR) is 75.5 cm³/mol. The highest BCUT2D eigenvalue weighted by atomic mass is 19.1. The number of aliphatic hydroxyl groups is 1.